The highest BCUT2D eigenvalue weighted by Crippen LogP contribution is 1.85. The summed E-state index contributed by atoms with van der Waals surface area (Å²) in [6.45, 7) is 4.02. The lowest BCUT2D eigenvalue weighted by Gasteiger charge is -2.22. The van der Waals surface area contributed by atoms with Crippen LogP contribution in [-0.2, 0) is 0 Å². The average molecular weight is 145 g/mol. The van der Waals surface area contributed by atoms with Crippen molar-refractivity contribution in [3.05, 3.63) is 0 Å². The van der Waals surface area contributed by atoms with E-state index >= 15 is 0 Å². The first-order valence-electron chi connectivity index (χ1n) is 3.12. The predicted octanol–water partition coefficient (Wildman–Crippen LogP) is -0.771. The number of hydrazine groups is 2. The number of nitrogens with one attached hydrogen (secondary N) is 3. The Labute approximate surface area is 61.0 Å². The molecule has 0 aromatic carbocycles. The van der Waals surface area contributed by atoms with Gasteiger partial charge in [0.05, 0.1) is 0 Å². The number of rotatable bonds is 2. The average Bonchev–Trinajstić information content (AvgIpc) is 1.87. The Morgan fingerprint density at radius 1 is 1.60 bits per heavy atom. The maximum atomic E-state index is 7.07. The Morgan fingerprint density at radius 3 is 2.40 bits per heavy atom. The molecule has 0 atom stereocenters. The van der Waals surface area contributed by atoms with Crippen molar-refractivity contribution in [1.29, 1.82) is 5.41 Å². The van der Waals surface area contributed by atoms with Crippen molar-refractivity contribution in [2.24, 2.45) is 5.84 Å². The first kappa shape index (κ1) is 9.19. The van der Waals surface area contributed by atoms with E-state index in [1.54, 1.807) is 5.01 Å². The topological polar surface area (TPSA) is 77.2 Å². The Kier molecular flexibility index (Phi) is 3.75. The first-order chi connectivity index (χ1) is 4.57. The molecule has 0 heterocycles. The number of hydrogen-bond acceptors (Lipinski definition) is 3. The van der Waals surface area contributed by atoms with Crippen LogP contribution in [0.1, 0.15) is 13.8 Å². The van der Waals surface area contributed by atoms with Gasteiger partial charge in [-0.1, -0.05) is 0 Å². The van der Waals surface area contributed by atoms with Crippen molar-refractivity contribution in [2.75, 3.05) is 7.05 Å². The van der Waals surface area contributed by atoms with Gasteiger partial charge in [-0.05, 0) is 13.8 Å². The van der Waals surface area contributed by atoms with Crippen molar-refractivity contribution in [2.45, 2.75) is 19.9 Å². The van der Waals surface area contributed by atoms with Gasteiger partial charge in [-0.25, -0.2) is 10.9 Å². The molecule has 0 fully saturated rings. The zero-order chi connectivity index (χ0) is 8.15. The quantitative estimate of drug-likeness (QED) is 0.178. The summed E-state index contributed by atoms with van der Waals surface area (Å²) in [7, 11) is 1.84. The summed E-state index contributed by atoms with van der Waals surface area (Å²) >= 11 is 0. The molecule has 0 rings (SSSR count). The highest BCUT2D eigenvalue weighted by Gasteiger charge is 2.02. The normalized spacial score (nSPS) is 10.2. The van der Waals surface area contributed by atoms with Crippen molar-refractivity contribution in [3.63, 3.8) is 0 Å². The highest BCUT2D eigenvalue weighted by molar-refractivity contribution is 5.75. The lowest BCUT2D eigenvalue weighted by atomic mass is 10.4. The van der Waals surface area contributed by atoms with Gasteiger partial charge in [-0.15, -0.1) is 0 Å². The van der Waals surface area contributed by atoms with Gasteiger partial charge in [0.15, 0.2) is 0 Å². The van der Waals surface area contributed by atoms with Gasteiger partial charge in [0.1, 0.15) is 0 Å². The van der Waals surface area contributed by atoms with Gasteiger partial charge in [0.2, 0.25) is 5.96 Å². The third kappa shape index (κ3) is 3.26. The summed E-state index contributed by atoms with van der Waals surface area (Å²) in [5.74, 6) is 5.05. The second-order valence-electron chi connectivity index (χ2n) is 2.34. The highest BCUT2D eigenvalue weighted by atomic mass is 15.6. The minimum atomic E-state index is 0.0937. The monoisotopic (exact) mass is 145 g/mol. The number of nitrogens with two attached hydrogens (primary N) is 1. The Bertz CT molecular complexity index is 111. The van der Waals surface area contributed by atoms with Crippen molar-refractivity contribution in [1.82, 2.24) is 15.9 Å². The van der Waals surface area contributed by atoms with Gasteiger partial charge in [0.25, 0.3) is 0 Å². The number of guanidine groups is 1. The van der Waals surface area contributed by atoms with E-state index in [0.717, 1.165) is 0 Å². The molecule has 5 heteroatoms. The Balaban J connectivity index is 3.57. The smallest absolute Gasteiger partial charge is 0.217 e. The molecule has 0 aliphatic heterocycles. The van der Waals surface area contributed by atoms with Gasteiger partial charge in [-0.3, -0.25) is 16.3 Å². The molecule has 5 nitrogen and oxygen atoms in total. The van der Waals surface area contributed by atoms with E-state index in [9.17, 15) is 0 Å². The number of nitrogens with zero attached hydrogens (tertiary/aromatic N) is 1. The van der Waals surface area contributed by atoms with E-state index < -0.39 is 0 Å². The van der Waals surface area contributed by atoms with E-state index in [2.05, 4.69) is 10.9 Å². The summed E-state index contributed by atoms with van der Waals surface area (Å²) in [6, 6.07) is 0.341. The third-order valence-electron chi connectivity index (χ3n) is 1.21. The predicted molar refractivity (Wildman–Crippen MR) is 41.1 cm³/mol. The molecule has 0 spiro atoms. The van der Waals surface area contributed by atoms with E-state index in [1.165, 1.54) is 0 Å². The molecule has 0 aromatic heterocycles. The molecule has 0 aromatic rings. The standard InChI is InChI=1S/C5H15N5/c1-4(2)10(3)9-5(6)8-7/h4H,7H2,1-3H3,(H3,6,8,9). The van der Waals surface area contributed by atoms with E-state index in [-0.39, 0.29) is 5.96 Å². The minimum Gasteiger partial charge on any atom is -0.294 e. The molecular formula is C5H15N5. The summed E-state index contributed by atoms with van der Waals surface area (Å²) in [5, 5.41) is 8.85. The van der Waals surface area contributed by atoms with Crippen LogP contribution in [-0.4, -0.2) is 24.1 Å². The molecule has 0 radical (unpaired) electrons. The largest absolute Gasteiger partial charge is 0.294 e. The Hall–Kier alpha value is -0.810. The minimum absolute atomic E-state index is 0.0937. The van der Waals surface area contributed by atoms with Crippen LogP contribution >= 0.6 is 0 Å². The van der Waals surface area contributed by atoms with E-state index in [4.69, 9.17) is 11.3 Å². The molecule has 0 bridgehead atoms. The molecule has 0 amide bonds. The molecular weight excluding hydrogens is 130 g/mol. The van der Waals surface area contributed by atoms with Gasteiger partial charge in [0, 0.05) is 13.1 Å². The maximum Gasteiger partial charge on any atom is 0.217 e. The van der Waals surface area contributed by atoms with Crippen LogP contribution < -0.4 is 16.7 Å². The van der Waals surface area contributed by atoms with Crippen LogP contribution in [0.25, 0.3) is 0 Å². The van der Waals surface area contributed by atoms with Crippen LogP contribution in [0.2, 0.25) is 0 Å². The second kappa shape index (κ2) is 4.08. The summed E-state index contributed by atoms with van der Waals surface area (Å²) < 4.78 is 0. The van der Waals surface area contributed by atoms with Crippen LogP contribution in [0.15, 0.2) is 0 Å². The Morgan fingerprint density at radius 2 is 2.10 bits per heavy atom. The molecule has 60 valence electrons. The van der Waals surface area contributed by atoms with Crippen molar-refractivity contribution in [3.8, 4) is 0 Å². The van der Waals surface area contributed by atoms with Crippen molar-refractivity contribution < 1.29 is 0 Å². The van der Waals surface area contributed by atoms with Crippen LogP contribution in [0.4, 0.5) is 0 Å². The fourth-order valence-corrected chi connectivity index (χ4v) is 0.338. The maximum absolute atomic E-state index is 7.07. The van der Waals surface area contributed by atoms with Crippen LogP contribution in [0, 0.1) is 5.41 Å². The van der Waals surface area contributed by atoms with Crippen LogP contribution in [0.3, 0.4) is 0 Å². The first-order valence-corrected chi connectivity index (χ1v) is 3.12. The third-order valence-corrected chi connectivity index (χ3v) is 1.21. The lowest BCUT2D eigenvalue weighted by molar-refractivity contribution is 0.231. The van der Waals surface area contributed by atoms with Crippen LogP contribution in [0.5, 0.6) is 0 Å². The van der Waals surface area contributed by atoms with Gasteiger partial charge < -0.3 is 0 Å². The molecule has 5 N–H and O–H groups in total. The molecule has 0 saturated carbocycles. The summed E-state index contributed by atoms with van der Waals surface area (Å²) in [4.78, 5) is 0. The SMILES string of the molecule is CC(C)N(C)NC(=N)NN. The van der Waals surface area contributed by atoms with E-state index in [0.29, 0.717) is 6.04 Å². The molecule has 0 unspecified atom stereocenters. The molecule has 0 aliphatic rings. The lowest BCUT2D eigenvalue weighted by Crippen LogP contribution is -2.50. The molecule has 10 heavy (non-hydrogen) atoms. The van der Waals surface area contributed by atoms with Gasteiger partial charge >= 0.3 is 0 Å². The van der Waals surface area contributed by atoms with Gasteiger partial charge in [-0.2, -0.15) is 0 Å². The summed E-state index contributed by atoms with van der Waals surface area (Å²) in [6.07, 6.45) is 0. The zero-order valence-corrected chi connectivity index (χ0v) is 6.60. The summed E-state index contributed by atoms with van der Waals surface area (Å²) in [5.41, 5.74) is 4.89. The fourth-order valence-electron chi connectivity index (χ4n) is 0.338. The van der Waals surface area contributed by atoms with E-state index in [1.807, 2.05) is 20.9 Å². The molecule has 0 saturated heterocycles. The second-order valence-corrected chi connectivity index (χ2v) is 2.34. The molecule has 0 aliphatic carbocycles. The zero-order valence-electron chi connectivity index (χ0n) is 6.60. The number of hydrogen-bond donors (Lipinski definition) is 4. The van der Waals surface area contributed by atoms with Crippen molar-refractivity contribution >= 4 is 5.96 Å². The fraction of sp³-hybridized carbons (Fsp3) is 0.800.